The van der Waals surface area contributed by atoms with Gasteiger partial charge in [0.1, 0.15) is 11.5 Å². The Balaban J connectivity index is 0.000000316. The maximum absolute atomic E-state index is 10.6. The summed E-state index contributed by atoms with van der Waals surface area (Å²) in [6, 6.07) is 31.5. The Hall–Kier alpha value is -0.446. The van der Waals surface area contributed by atoms with Gasteiger partial charge in [-0.1, -0.05) is 68.3 Å². The van der Waals surface area contributed by atoms with Crippen LogP contribution in [-0.2, 0) is 12.8 Å². The number of halogens is 2. The van der Waals surface area contributed by atoms with Gasteiger partial charge >= 0.3 is 138 Å². The molecule has 0 amide bonds. The van der Waals surface area contributed by atoms with Gasteiger partial charge in [0.15, 0.2) is 0 Å². The quantitative estimate of drug-likeness (QED) is 0.192. The van der Waals surface area contributed by atoms with Gasteiger partial charge in [0.2, 0.25) is 11.6 Å². The number of hydrogen-bond donors (Lipinski definition) is 2. The van der Waals surface area contributed by atoms with Crippen LogP contribution in [0.25, 0.3) is 21.5 Å². The van der Waals surface area contributed by atoms with Gasteiger partial charge in [0.05, 0.1) is 0 Å². The zero-order valence-corrected chi connectivity index (χ0v) is 45.2. The van der Waals surface area contributed by atoms with E-state index in [9.17, 15) is 10.2 Å². The van der Waals surface area contributed by atoms with Crippen LogP contribution in [0, 0.1) is 0 Å². The number of carboxylic acid groups (broad SMARTS) is 2. The number of aryl methyl sites for hydroxylation is 2. The topological polar surface area (TPSA) is 148 Å². The number of ether oxygens (including phenoxy) is 2. The van der Waals surface area contributed by atoms with Crippen LogP contribution in [0.3, 0.4) is 0 Å². The molecule has 6 aromatic rings. The monoisotopic (exact) mass is 1070 g/mol. The molecular formula is C39H36Br2Cs2N2O7. The second-order valence-electron chi connectivity index (χ2n) is 11.8. The molecule has 0 saturated carbocycles. The molecule has 0 unspecified atom stereocenters. The fourth-order valence-electron chi connectivity index (χ4n) is 5.05. The molecule has 0 aliphatic carbocycles. The van der Waals surface area contributed by atoms with Crippen LogP contribution in [0.15, 0.2) is 131 Å². The molecule has 9 nitrogen and oxygen atoms in total. The first-order valence-corrected chi connectivity index (χ1v) is 17.2. The normalized spacial score (nSPS) is 12.6. The third-order valence-corrected chi connectivity index (χ3v) is 8.45. The number of carbonyl (C=O) groups is 1. The molecule has 0 saturated heterocycles. The van der Waals surface area contributed by atoms with Crippen molar-refractivity contribution in [2.75, 3.05) is 0 Å². The van der Waals surface area contributed by atoms with E-state index in [1.807, 2.05) is 109 Å². The Labute approximate surface area is 438 Å². The summed E-state index contributed by atoms with van der Waals surface area (Å²) in [5, 5.41) is 42.0. The van der Waals surface area contributed by atoms with Crippen LogP contribution < -0.4 is 157 Å². The van der Waals surface area contributed by atoms with Gasteiger partial charge in [-0.3, -0.25) is 9.97 Å². The maximum Gasteiger partial charge on any atom is 1.00 e. The van der Waals surface area contributed by atoms with Crippen molar-refractivity contribution in [2.45, 2.75) is 51.1 Å². The summed E-state index contributed by atoms with van der Waals surface area (Å²) >= 11 is 6.95. The molecule has 260 valence electrons. The number of aromatic nitrogens is 2. The van der Waals surface area contributed by atoms with Crippen LogP contribution in [0.4, 0.5) is 4.79 Å². The van der Waals surface area contributed by atoms with E-state index < -0.39 is 17.7 Å². The largest absolute Gasteiger partial charge is 1.00 e. The first-order chi connectivity index (χ1) is 23.8. The predicted molar refractivity (Wildman–Crippen MR) is 196 cm³/mol. The van der Waals surface area contributed by atoms with Crippen molar-refractivity contribution < 1.29 is 172 Å². The van der Waals surface area contributed by atoms with E-state index in [-0.39, 0.29) is 138 Å². The van der Waals surface area contributed by atoms with Gasteiger partial charge in [-0.15, -0.1) is 0 Å². The number of carbonyl (C=O) groups excluding carboxylic acids is 1. The fraction of sp³-hybridized carbons (Fsp3) is 0.205. The van der Waals surface area contributed by atoms with Crippen molar-refractivity contribution in [3.8, 4) is 11.5 Å². The Morgan fingerprint density at radius 1 is 0.654 bits per heavy atom. The number of rotatable bonds is 10. The van der Waals surface area contributed by atoms with Gasteiger partial charge in [0, 0.05) is 71.2 Å². The van der Waals surface area contributed by atoms with E-state index in [2.05, 4.69) is 41.8 Å². The van der Waals surface area contributed by atoms with Crippen LogP contribution in [0.2, 0.25) is 0 Å². The number of aliphatic hydroxyl groups is 2. The third-order valence-electron chi connectivity index (χ3n) is 7.47. The minimum absolute atomic E-state index is 0. The van der Waals surface area contributed by atoms with Gasteiger partial charge in [0.25, 0.3) is 0 Å². The number of benzene rings is 4. The first kappa shape index (κ1) is 47.7. The Kier molecular flexibility index (Phi) is 21.6. The number of hydrogen-bond acceptors (Lipinski definition) is 9. The number of pyridine rings is 2. The standard InChI is InChI=1S/2C19H18BrNO2.CH2O3.2Cs/c2*1-19(22,10-9-14-4-3-11-21-13-14)23-18-6-2-5-15-12-16(20)7-8-17(15)18;2-1(3)4;;/h2*2-8,11-13,22H,9-10H2,1H3;(H2,2,3,4);;/q;;;2*+1/p-2/t2*19-;;;/m11.../s1. The Bertz CT molecular complexity index is 1860. The Morgan fingerprint density at radius 2 is 1.04 bits per heavy atom. The Morgan fingerprint density at radius 3 is 1.38 bits per heavy atom. The molecule has 0 aliphatic rings. The zero-order valence-electron chi connectivity index (χ0n) is 29.5. The van der Waals surface area contributed by atoms with Crippen LogP contribution in [-0.4, -0.2) is 37.9 Å². The second-order valence-corrected chi connectivity index (χ2v) is 13.6. The smallest absolute Gasteiger partial charge is 0.652 e. The van der Waals surface area contributed by atoms with E-state index in [1.165, 1.54) is 0 Å². The summed E-state index contributed by atoms with van der Waals surface area (Å²) < 4.78 is 13.8. The molecule has 0 aliphatic heterocycles. The molecule has 52 heavy (non-hydrogen) atoms. The van der Waals surface area contributed by atoms with E-state index in [1.54, 1.807) is 26.2 Å². The average Bonchev–Trinajstić information content (AvgIpc) is 3.07. The molecule has 2 aromatic heterocycles. The van der Waals surface area contributed by atoms with Crippen molar-refractivity contribution in [3.05, 3.63) is 142 Å². The van der Waals surface area contributed by atoms with Gasteiger partial charge in [-0.2, -0.15) is 0 Å². The van der Waals surface area contributed by atoms with E-state index in [0.29, 0.717) is 37.2 Å². The first-order valence-electron chi connectivity index (χ1n) is 15.7. The van der Waals surface area contributed by atoms with Crippen molar-refractivity contribution in [1.29, 1.82) is 0 Å². The third kappa shape index (κ3) is 16.7. The van der Waals surface area contributed by atoms with Crippen LogP contribution >= 0.6 is 31.9 Å². The zero-order chi connectivity index (χ0) is 36.1. The van der Waals surface area contributed by atoms with Crippen molar-refractivity contribution >= 4 is 59.6 Å². The van der Waals surface area contributed by atoms with Crippen molar-refractivity contribution in [2.24, 2.45) is 0 Å². The molecule has 13 heteroatoms. The minimum atomic E-state index is -2.33. The molecule has 0 spiro atoms. The molecule has 0 fully saturated rings. The van der Waals surface area contributed by atoms with Crippen LogP contribution in [0.1, 0.15) is 37.8 Å². The predicted octanol–water partition coefficient (Wildman–Crippen LogP) is 0.996. The SMILES string of the molecule is C[C@](O)(CCc1cccnc1)Oc1cccc2cc(Br)ccc12.C[C@](O)(CCc1cccnc1)Oc1cccc2cc(Br)ccc12.O=C([O-])[O-].[Cs+].[Cs+]. The van der Waals surface area contributed by atoms with Crippen molar-refractivity contribution in [3.63, 3.8) is 0 Å². The number of fused-ring (bicyclic) bond motifs is 2. The van der Waals surface area contributed by atoms with E-state index >= 15 is 0 Å². The molecule has 2 N–H and O–H groups in total. The molecule has 6 rings (SSSR count). The minimum Gasteiger partial charge on any atom is -0.652 e. The summed E-state index contributed by atoms with van der Waals surface area (Å²) in [6.45, 7) is 3.39. The summed E-state index contributed by atoms with van der Waals surface area (Å²) in [5.41, 5.74) is 2.16. The van der Waals surface area contributed by atoms with Gasteiger partial charge < -0.3 is 34.7 Å². The van der Waals surface area contributed by atoms with Gasteiger partial charge in [-0.25, -0.2) is 0 Å². The molecule has 0 radical (unpaired) electrons. The molecule has 2 atom stereocenters. The average molecular weight is 1070 g/mol. The summed E-state index contributed by atoms with van der Waals surface area (Å²) in [7, 11) is 0. The summed E-state index contributed by atoms with van der Waals surface area (Å²) in [6.07, 6.45) is 7.17. The second kappa shape index (κ2) is 23.6. The maximum atomic E-state index is 10.6. The van der Waals surface area contributed by atoms with E-state index in [4.69, 9.17) is 24.5 Å². The molecular weight excluding hydrogens is 1030 g/mol. The van der Waals surface area contributed by atoms with Crippen molar-refractivity contribution in [1.82, 2.24) is 9.97 Å². The molecule has 2 heterocycles. The number of nitrogens with zero attached hydrogens (tertiary/aromatic N) is 2. The summed E-state index contributed by atoms with van der Waals surface area (Å²) in [5.74, 6) is -1.11. The van der Waals surface area contributed by atoms with Gasteiger partial charge in [-0.05, 0) is 102 Å². The van der Waals surface area contributed by atoms with Crippen LogP contribution in [0.5, 0.6) is 11.5 Å². The van der Waals surface area contributed by atoms with E-state index in [0.717, 1.165) is 41.6 Å². The molecule has 4 aromatic carbocycles. The summed E-state index contributed by atoms with van der Waals surface area (Å²) in [4.78, 5) is 16.5. The fourth-order valence-corrected chi connectivity index (χ4v) is 5.81. The molecule has 0 bridgehead atoms.